The number of para-hydroxylation sites is 1. The molecule has 1 fully saturated rings. The van der Waals surface area contributed by atoms with Crippen molar-refractivity contribution >= 4 is 29.0 Å². The number of aromatic nitrogens is 1. The Morgan fingerprint density at radius 2 is 2.21 bits per heavy atom. The number of amides is 3. The van der Waals surface area contributed by atoms with Gasteiger partial charge in [0.05, 0.1) is 17.7 Å². The van der Waals surface area contributed by atoms with Gasteiger partial charge in [-0.1, -0.05) is 18.2 Å². The van der Waals surface area contributed by atoms with Gasteiger partial charge in [0.1, 0.15) is 6.04 Å². The zero-order valence-corrected chi connectivity index (χ0v) is 14.3. The fraction of sp³-hybridized carbons (Fsp3) is 0.353. The van der Waals surface area contributed by atoms with Gasteiger partial charge in [-0.25, -0.2) is 9.78 Å². The fourth-order valence-corrected chi connectivity index (χ4v) is 3.47. The SMILES string of the molecule is CCN(C(=O)NCc1cscn1)[C@@H]1CCN(c2ccccc2)C1=O. The van der Waals surface area contributed by atoms with Crippen molar-refractivity contribution in [2.75, 3.05) is 18.0 Å². The van der Waals surface area contributed by atoms with Gasteiger partial charge in [-0.3, -0.25) is 4.79 Å². The molecule has 1 aliphatic rings. The van der Waals surface area contributed by atoms with Crippen molar-refractivity contribution in [3.05, 3.63) is 46.9 Å². The van der Waals surface area contributed by atoms with Crippen LogP contribution in [0.4, 0.5) is 10.5 Å². The second-order valence-corrected chi connectivity index (χ2v) is 6.27. The highest BCUT2D eigenvalue weighted by atomic mass is 32.1. The Morgan fingerprint density at radius 3 is 2.88 bits per heavy atom. The van der Waals surface area contributed by atoms with Gasteiger partial charge in [-0.2, -0.15) is 0 Å². The van der Waals surface area contributed by atoms with E-state index in [0.29, 0.717) is 26.1 Å². The average Bonchev–Trinajstić information content (AvgIpc) is 3.25. The van der Waals surface area contributed by atoms with Crippen LogP contribution in [0.1, 0.15) is 19.0 Å². The Morgan fingerprint density at radius 1 is 1.42 bits per heavy atom. The molecule has 0 spiro atoms. The number of hydrogen-bond donors (Lipinski definition) is 1. The maximum absolute atomic E-state index is 12.7. The summed E-state index contributed by atoms with van der Waals surface area (Å²) in [7, 11) is 0. The number of benzene rings is 1. The van der Waals surface area contributed by atoms with Crippen LogP contribution in [0.3, 0.4) is 0 Å². The third-order valence-electron chi connectivity index (χ3n) is 4.13. The first-order valence-electron chi connectivity index (χ1n) is 7.98. The standard InChI is InChI=1S/C17H20N4O2S/c1-2-20(17(23)18-10-13-11-24-12-19-13)15-8-9-21(16(15)22)14-6-4-3-5-7-14/h3-7,11-12,15H,2,8-10H2,1H3,(H,18,23)/t15-/m1/s1. The number of urea groups is 1. The lowest BCUT2D eigenvalue weighted by Gasteiger charge is -2.27. The second-order valence-electron chi connectivity index (χ2n) is 5.55. The molecule has 0 radical (unpaired) electrons. The quantitative estimate of drug-likeness (QED) is 0.906. The fourth-order valence-electron chi connectivity index (χ4n) is 2.92. The number of hydrogen-bond acceptors (Lipinski definition) is 4. The van der Waals surface area contributed by atoms with Gasteiger partial charge in [0, 0.05) is 24.2 Å². The third kappa shape index (κ3) is 3.41. The normalized spacial score (nSPS) is 17.1. The summed E-state index contributed by atoms with van der Waals surface area (Å²) in [6, 6.07) is 8.94. The monoisotopic (exact) mass is 344 g/mol. The minimum Gasteiger partial charge on any atom is -0.332 e. The summed E-state index contributed by atoms with van der Waals surface area (Å²) in [4.78, 5) is 32.7. The molecule has 0 bridgehead atoms. The molecule has 3 rings (SSSR count). The summed E-state index contributed by atoms with van der Waals surface area (Å²) in [5.74, 6) is -0.0214. The molecule has 6 nitrogen and oxygen atoms in total. The van der Waals surface area contributed by atoms with Crippen molar-refractivity contribution in [2.24, 2.45) is 0 Å². The van der Waals surface area contributed by atoms with E-state index in [4.69, 9.17) is 0 Å². The van der Waals surface area contributed by atoms with Crippen molar-refractivity contribution in [3.63, 3.8) is 0 Å². The van der Waals surface area contributed by atoms with Crippen molar-refractivity contribution in [1.82, 2.24) is 15.2 Å². The van der Waals surface area contributed by atoms with Crippen LogP contribution >= 0.6 is 11.3 Å². The summed E-state index contributed by atoms with van der Waals surface area (Å²) in [6.45, 7) is 3.38. The van der Waals surface area contributed by atoms with Gasteiger partial charge < -0.3 is 15.1 Å². The van der Waals surface area contributed by atoms with E-state index < -0.39 is 6.04 Å². The minimum atomic E-state index is -0.411. The molecule has 2 aromatic rings. The first-order valence-corrected chi connectivity index (χ1v) is 8.93. The van der Waals surface area contributed by atoms with E-state index in [-0.39, 0.29) is 11.9 Å². The second kappa shape index (κ2) is 7.44. The number of thiazole rings is 1. The number of nitrogens with zero attached hydrogens (tertiary/aromatic N) is 3. The number of nitrogens with one attached hydrogen (secondary N) is 1. The summed E-state index contributed by atoms with van der Waals surface area (Å²) >= 11 is 1.49. The number of carbonyl (C=O) groups is 2. The van der Waals surface area contributed by atoms with Gasteiger partial charge >= 0.3 is 6.03 Å². The van der Waals surface area contributed by atoms with E-state index in [9.17, 15) is 9.59 Å². The highest BCUT2D eigenvalue weighted by Crippen LogP contribution is 2.24. The Bertz CT molecular complexity index is 690. The molecule has 0 saturated carbocycles. The third-order valence-corrected chi connectivity index (χ3v) is 4.76. The van der Waals surface area contributed by atoms with E-state index in [1.165, 1.54) is 11.3 Å². The van der Waals surface area contributed by atoms with E-state index in [0.717, 1.165) is 11.4 Å². The molecule has 1 saturated heterocycles. The Kier molecular flexibility index (Phi) is 5.10. The molecule has 7 heteroatoms. The minimum absolute atomic E-state index is 0.0214. The van der Waals surface area contributed by atoms with E-state index in [2.05, 4.69) is 10.3 Å². The maximum Gasteiger partial charge on any atom is 0.318 e. The molecule has 3 amide bonds. The molecule has 1 aromatic carbocycles. The van der Waals surface area contributed by atoms with Gasteiger partial charge in [-0.05, 0) is 25.5 Å². The lowest BCUT2D eigenvalue weighted by atomic mass is 10.2. The largest absolute Gasteiger partial charge is 0.332 e. The van der Waals surface area contributed by atoms with E-state index in [1.54, 1.807) is 15.3 Å². The molecule has 0 aliphatic carbocycles. The van der Waals surface area contributed by atoms with Gasteiger partial charge in [0.15, 0.2) is 0 Å². The van der Waals surface area contributed by atoms with E-state index in [1.807, 2.05) is 42.6 Å². The summed E-state index contributed by atoms with van der Waals surface area (Å²) in [5, 5.41) is 4.75. The summed E-state index contributed by atoms with van der Waals surface area (Å²) in [5.41, 5.74) is 3.44. The zero-order valence-electron chi connectivity index (χ0n) is 13.5. The molecule has 2 heterocycles. The Labute approximate surface area is 145 Å². The average molecular weight is 344 g/mol. The van der Waals surface area contributed by atoms with Crippen LogP contribution in [-0.2, 0) is 11.3 Å². The van der Waals surface area contributed by atoms with Crippen molar-refractivity contribution in [2.45, 2.75) is 25.9 Å². The zero-order chi connectivity index (χ0) is 16.9. The lowest BCUT2D eigenvalue weighted by molar-refractivity contribution is -0.120. The highest BCUT2D eigenvalue weighted by Gasteiger charge is 2.38. The smallest absolute Gasteiger partial charge is 0.318 e. The van der Waals surface area contributed by atoms with Gasteiger partial charge in [-0.15, -0.1) is 11.3 Å². The van der Waals surface area contributed by atoms with Crippen molar-refractivity contribution in [3.8, 4) is 0 Å². The molecular formula is C17H20N4O2S. The number of likely N-dealkylation sites (N-methyl/N-ethyl adjacent to an activating group) is 1. The number of rotatable bonds is 5. The van der Waals surface area contributed by atoms with Crippen LogP contribution in [-0.4, -0.2) is 41.0 Å². The highest BCUT2D eigenvalue weighted by molar-refractivity contribution is 7.07. The number of carbonyl (C=O) groups excluding carboxylic acids is 2. The molecule has 1 aliphatic heterocycles. The van der Waals surface area contributed by atoms with Crippen LogP contribution in [0.25, 0.3) is 0 Å². The molecule has 126 valence electrons. The van der Waals surface area contributed by atoms with Crippen molar-refractivity contribution in [1.29, 1.82) is 0 Å². The van der Waals surface area contributed by atoms with Gasteiger partial charge in [0.2, 0.25) is 5.91 Å². The summed E-state index contributed by atoms with van der Waals surface area (Å²) in [6.07, 6.45) is 0.645. The van der Waals surface area contributed by atoms with Gasteiger partial charge in [0.25, 0.3) is 0 Å². The van der Waals surface area contributed by atoms with Crippen LogP contribution in [0.2, 0.25) is 0 Å². The topological polar surface area (TPSA) is 65.5 Å². The van der Waals surface area contributed by atoms with E-state index >= 15 is 0 Å². The molecule has 24 heavy (non-hydrogen) atoms. The summed E-state index contributed by atoms with van der Waals surface area (Å²) < 4.78 is 0. The molecule has 1 N–H and O–H groups in total. The first-order chi connectivity index (χ1) is 11.7. The predicted octanol–water partition coefficient (Wildman–Crippen LogP) is 2.48. The Balaban J connectivity index is 1.65. The molecule has 1 aromatic heterocycles. The molecular weight excluding hydrogens is 324 g/mol. The predicted molar refractivity (Wildman–Crippen MR) is 93.9 cm³/mol. The molecule has 0 unspecified atom stereocenters. The number of anilines is 1. The van der Waals surface area contributed by atoms with Crippen LogP contribution < -0.4 is 10.2 Å². The van der Waals surface area contributed by atoms with Crippen LogP contribution in [0.5, 0.6) is 0 Å². The first kappa shape index (κ1) is 16.4. The van der Waals surface area contributed by atoms with Crippen LogP contribution in [0, 0.1) is 0 Å². The Hall–Kier alpha value is -2.41. The lowest BCUT2D eigenvalue weighted by Crippen LogP contribution is -2.49. The van der Waals surface area contributed by atoms with Crippen molar-refractivity contribution < 1.29 is 9.59 Å². The maximum atomic E-state index is 12.7. The molecule has 1 atom stereocenters. The van der Waals surface area contributed by atoms with Crippen LogP contribution in [0.15, 0.2) is 41.2 Å².